The van der Waals surface area contributed by atoms with Gasteiger partial charge in [-0.05, 0) is 36.8 Å². The second kappa shape index (κ2) is 8.23. The summed E-state index contributed by atoms with van der Waals surface area (Å²) in [6.45, 7) is 1.85. The molecule has 26 heavy (non-hydrogen) atoms. The van der Waals surface area contributed by atoms with Crippen molar-refractivity contribution in [1.82, 2.24) is 5.32 Å². The van der Waals surface area contributed by atoms with E-state index in [1.165, 1.54) is 6.07 Å². The van der Waals surface area contributed by atoms with Crippen LogP contribution in [0.25, 0.3) is 0 Å². The maximum Gasteiger partial charge on any atom is 0.417 e. The van der Waals surface area contributed by atoms with Crippen molar-refractivity contribution in [3.8, 4) is 0 Å². The molecule has 4 nitrogen and oxygen atoms in total. The van der Waals surface area contributed by atoms with Gasteiger partial charge in [0.15, 0.2) is 0 Å². The van der Waals surface area contributed by atoms with Gasteiger partial charge >= 0.3 is 6.18 Å². The lowest BCUT2D eigenvalue weighted by Crippen LogP contribution is -2.28. The first-order chi connectivity index (χ1) is 12.2. The quantitative estimate of drug-likeness (QED) is 0.801. The molecule has 138 valence electrons. The molecule has 0 bridgehead atoms. The molecule has 0 aromatic heterocycles. The van der Waals surface area contributed by atoms with E-state index in [9.17, 15) is 22.8 Å². The van der Waals surface area contributed by atoms with Crippen LogP contribution in [0.15, 0.2) is 42.5 Å². The Hall–Kier alpha value is -2.54. The monoisotopic (exact) mass is 384 g/mol. The fraction of sp³-hybridized carbons (Fsp3) is 0.222. The number of benzene rings is 2. The summed E-state index contributed by atoms with van der Waals surface area (Å²) in [6.07, 6.45) is -4.69. The Kier molecular flexibility index (Phi) is 6.26. The molecule has 0 unspecified atom stereocenters. The number of alkyl halides is 3. The van der Waals surface area contributed by atoms with E-state index in [-0.39, 0.29) is 24.6 Å². The van der Waals surface area contributed by atoms with Gasteiger partial charge in [0.2, 0.25) is 5.91 Å². The molecule has 2 amide bonds. The van der Waals surface area contributed by atoms with Gasteiger partial charge in [-0.2, -0.15) is 13.2 Å². The van der Waals surface area contributed by atoms with Gasteiger partial charge in [0.05, 0.1) is 10.6 Å². The number of carbonyl (C=O) groups excluding carboxylic acids is 2. The highest BCUT2D eigenvalue weighted by Crippen LogP contribution is 2.36. The predicted molar refractivity (Wildman–Crippen MR) is 93.2 cm³/mol. The van der Waals surface area contributed by atoms with Crippen molar-refractivity contribution in [3.05, 3.63) is 64.2 Å². The van der Waals surface area contributed by atoms with E-state index in [0.29, 0.717) is 5.56 Å². The maximum absolute atomic E-state index is 12.8. The van der Waals surface area contributed by atoms with Gasteiger partial charge in [-0.3, -0.25) is 9.59 Å². The van der Waals surface area contributed by atoms with E-state index in [1.54, 1.807) is 31.2 Å². The van der Waals surface area contributed by atoms with E-state index in [4.69, 9.17) is 11.6 Å². The van der Waals surface area contributed by atoms with Crippen molar-refractivity contribution in [2.24, 2.45) is 0 Å². The molecule has 2 aromatic rings. The molecule has 0 fully saturated rings. The molecule has 2 aromatic carbocycles. The highest BCUT2D eigenvalue weighted by Gasteiger charge is 2.33. The second-order valence-corrected chi connectivity index (χ2v) is 5.97. The predicted octanol–water partition coefficient (Wildman–Crippen LogP) is 4.43. The van der Waals surface area contributed by atoms with Gasteiger partial charge < -0.3 is 10.6 Å². The standard InChI is InChI=1S/C18H16ClF3N2O2/c1-11-4-2-3-5-13(11)17(26)23-9-8-16(25)24-12-6-7-15(19)14(10-12)18(20,21)22/h2-7,10H,8-9H2,1H3,(H,23,26)(H,24,25). The topological polar surface area (TPSA) is 58.2 Å². The molecule has 8 heteroatoms. The van der Waals surface area contributed by atoms with Crippen molar-refractivity contribution < 1.29 is 22.8 Å². The summed E-state index contributed by atoms with van der Waals surface area (Å²) < 4.78 is 38.4. The van der Waals surface area contributed by atoms with Crippen LogP contribution in [0, 0.1) is 6.92 Å². The van der Waals surface area contributed by atoms with Crippen LogP contribution in [0.5, 0.6) is 0 Å². The van der Waals surface area contributed by atoms with E-state index in [2.05, 4.69) is 10.6 Å². The normalized spacial score (nSPS) is 11.1. The fourth-order valence-electron chi connectivity index (χ4n) is 2.26. The van der Waals surface area contributed by atoms with E-state index < -0.39 is 22.7 Å². The summed E-state index contributed by atoms with van der Waals surface area (Å²) in [4.78, 5) is 23.9. The smallest absolute Gasteiger partial charge is 0.352 e. The fourth-order valence-corrected chi connectivity index (χ4v) is 2.48. The van der Waals surface area contributed by atoms with Gasteiger partial charge in [0.1, 0.15) is 0 Å². The SMILES string of the molecule is Cc1ccccc1C(=O)NCCC(=O)Nc1ccc(Cl)c(C(F)(F)F)c1. The molecule has 0 aliphatic heterocycles. The minimum atomic E-state index is -4.61. The average molecular weight is 385 g/mol. The molecule has 0 heterocycles. The zero-order valence-electron chi connectivity index (χ0n) is 13.8. The van der Waals surface area contributed by atoms with Crippen LogP contribution in [0.1, 0.15) is 27.9 Å². The van der Waals surface area contributed by atoms with Gasteiger partial charge in [-0.15, -0.1) is 0 Å². The van der Waals surface area contributed by atoms with Gasteiger partial charge in [0.25, 0.3) is 5.91 Å². The molecular weight excluding hydrogens is 369 g/mol. The first-order valence-electron chi connectivity index (χ1n) is 7.69. The van der Waals surface area contributed by atoms with Crippen molar-refractivity contribution in [2.75, 3.05) is 11.9 Å². The van der Waals surface area contributed by atoms with E-state index in [0.717, 1.165) is 17.7 Å². The number of halogens is 4. The third-order valence-corrected chi connectivity index (χ3v) is 3.91. The number of aryl methyl sites for hydroxylation is 1. The zero-order valence-corrected chi connectivity index (χ0v) is 14.5. The molecule has 0 atom stereocenters. The van der Waals surface area contributed by atoms with Crippen LogP contribution in [-0.2, 0) is 11.0 Å². The highest BCUT2D eigenvalue weighted by molar-refractivity contribution is 6.31. The summed E-state index contributed by atoms with van der Waals surface area (Å²) in [5.41, 5.74) is 0.262. The minimum Gasteiger partial charge on any atom is -0.352 e. The lowest BCUT2D eigenvalue weighted by Gasteiger charge is -2.12. The second-order valence-electron chi connectivity index (χ2n) is 5.56. The third-order valence-electron chi connectivity index (χ3n) is 3.58. The first kappa shape index (κ1) is 19.8. The van der Waals surface area contributed by atoms with Crippen molar-refractivity contribution >= 4 is 29.1 Å². The Bertz CT molecular complexity index is 822. The molecule has 0 aliphatic rings. The average Bonchev–Trinajstić information content (AvgIpc) is 2.56. The Balaban J connectivity index is 1.90. The number of nitrogens with one attached hydrogen (secondary N) is 2. The lowest BCUT2D eigenvalue weighted by molar-refractivity contribution is -0.137. The molecule has 0 saturated heterocycles. The Morgan fingerprint density at radius 3 is 2.46 bits per heavy atom. The molecule has 0 aliphatic carbocycles. The molecule has 0 radical (unpaired) electrons. The van der Waals surface area contributed by atoms with E-state index >= 15 is 0 Å². The van der Waals surface area contributed by atoms with Crippen LogP contribution in [0.3, 0.4) is 0 Å². The van der Waals surface area contributed by atoms with Crippen molar-refractivity contribution in [2.45, 2.75) is 19.5 Å². The van der Waals surface area contributed by atoms with Crippen LogP contribution >= 0.6 is 11.6 Å². The number of carbonyl (C=O) groups is 2. The van der Waals surface area contributed by atoms with Gasteiger partial charge in [-0.25, -0.2) is 0 Å². The number of rotatable bonds is 5. The molecule has 0 spiro atoms. The molecular formula is C18H16ClF3N2O2. The molecule has 2 rings (SSSR count). The van der Waals surface area contributed by atoms with Crippen molar-refractivity contribution in [1.29, 1.82) is 0 Å². The molecule has 0 saturated carbocycles. The van der Waals surface area contributed by atoms with Crippen LogP contribution in [-0.4, -0.2) is 18.4 Å². The van der Waals surface area contributed by atoms with Crippen LogP contribution < -0.4 is 10.6 Å². The first-order valence-corrected chi connectivity index (χ1v) is 8.06. The van der Waals surface area contributed by atoms with Gasteiger partial charge in [0, 0.05) is 24.2 Å². The summed E-state index contributed by atoms with van der Waals surface area (Å²) in [5, 5.41) is 4.51. The number of amides is 2. The number of anilines is 1. The molecule has 2 N–H and O–H groups in total. The Morgan fingerprint density at radius 1 is 1.12 bits per heavy atom. The number of hydrogen-bond donors (Lipinski definition) is 2. The largest absolute Gasteiger partial charge is 0.417 e. The maximum atomic E-state index is 12.8. The van der Waals surface area contributed by atoms with Crippen molar-refractivity contribution in [3.63, 3.8) is 0 Å². The summed E-state index contributed by atoms with van der Waals surface area (Å²) in [5.74, 6) is -0.840. The minimum absolute atomic E-state index is 0.0167. The zero-order chi connectivity index (χ0) is 19.3. The Morgan fingerprint density at radius 2 is 1.81 bits per heavy atom. The van der Waals surface area contributed by atoms with E-state index in [1.807, 2.05) is 0 Å². The number of hydrogen-bond acceptors (Lipinski definition) is 2. The third kappa shape index (κ3) is 5.23. The van der Waals surface area contributed by atoms with Crippen LogP contribution in [0.2, 0.25) is 5.02 Å². The summed E-state index contributed by atoms with van der Waals surface area (Å²) in [6, 6.07) is 10.1. The Labute approximate surface area is 153 Å². The highest BCUT2D eigenvalue weighted by atomic mass is 35.5. The summed E-state index contributed by atoms with van der Waals surface area (Å²) >= 11 is 5.53. The summed E-state index contributed by atoms with van der Waals surface area (Å²) in [7, 11) is 0. The van der Waals surface area contributed by atoms with Crippen LogP contribution in [0.4, 0.5) is 18.9 Å². The lowest BCUT2D eigenvalue weighted by atomic mass is 10.1. The van der Waals surface area contributed by atoms with Gasteiger partial charge in [-0.1, -0.05) is 29.8 Å².